The van der Waals surface area contributed by atoms with Crippen LogP contribution in [-0.4, -0.2) is 31.1 Å². The van der Waals surface area contributed by atoms with Crippen LogP contribution in [0.4, 0.5) is 0 Å². The van der Waals surface area contributed by atoms with Gasteiger partial charge in [0.05, 0.1) is 0 Å². The van der Waals surface area contributed by atoms with Crippen LogP contribution in [0.1, 0.15) is 25.8 Å². The topological polar surface area (TPSA) is 38.5 Å². The highest BCUT2D eigenvalue weighted by atomic mass is 16.5. The molecule has 0 aromatic heterocycles. The molecule has 0 atom stereocenters. The Bertz CT molecular complexity index is 315. The van der Waals surface area contributed by atoms with Gasteiger partial charge >= 0.3 is 0 Å². The Hall–Kier alpha value is -1.06. The van der Waals surface area contributed by atoms with Crippen molar-refractivity contribution in [3.8, 4) is 5.75 Å². The molecule has 1 rings (SSSR count). The lowest BCUT2D eigenvalue weighted by Gasteiger charge is -2.20. The molecule has 96 valence electrons. The molecule has 0 amide bonds. The predicted octanol–water partition coefficient (Wildman–Crippen LogP) is 2.26. The molecule has 1 aromatic carbocycles. The number of rotatable bonds is 8. The molecule has 17 heavy (non-hydrogen) atoms. The molecule has 0 bridgehead atoms. The van der Waals surface area contributed by atoms with Gasteiger partial charge in [-0.3, -0.25) is 0 Å². The molecule has 0 unspecified atom stereocenters. The minimum absolute atomic E-state index is 0.530. The van der Waals surface area contributed by atoms with Crippen LogP contribution in [-0.2, 0) is 6.54 Å². The average molecular weight is 236 g/mol. The standard InChI is InChI=1S/C14H24N2O/c1-3-9-16(4-2)10-11-17-14-8-6-5-7-13(14)12-15/h5-8H,3-4,9-12,15H2,1-2H3. The largest absolute Gasteiger partial charge is 0.492 e. The lowest BCUT2D eigenvalue weighted by molar-refractivity contribution is 0.215. The van der Waals surface area contributed by atoms with Crippen molar-refractivity contribution >= 4 is 0 Å². The van der Waals surface area contributed by atoms with Crippen molar-refractivity contribution in [2.45, 2.75) is 26.8 Å². The first-order chi connectivity index (χ1) is 8.31. The molecule has 3 heteroatoms. The second-order valence-electron chi connectivity index (χ2n) is 4.09. The van der Waals surface area contributed by atoms with E-state index in [1.165, 1.54) is 6.42 Å². The number of benzene rings is 1. The average Bonchev–Trinajstić information content (AvgIpc) is 2.38. The van der Waals surface area contributed by atoms with E-state index in [9.17, 15) is 0 Å². The van der Waals surface area contributed by atoms with Gasteiger partial charge in [-0.25, -0.2) is 0 Å². The number of para-hydroxylation sites is 1. The smallest absolute Gasteiger partial charge is 0.123 e. The molecule has 2 N–H and O–H groups in total. The lowest BCUT2D eigenvalue weighted by atomic mass is 10.2. The van der Waals surface area contributed by atoms with E-state index in [0.29, 0.717) is 6.54 Å². The van der Waals surface area contributed by atoms with Gasteiger partial charge in [-0.15, -0.1) is 0 Å². The third kappa shape index (κ3) is 4.75. The maximum atomic E-state index is 5.79. The van der Waals surface area contributed by atoms with Crippen molar-refractivity contribution in [2.75, 3.05) is 26.2 Å². The number of ether oxygens (including phenoxy) is 1. The first-order valence-corrected chi connectivity index (χ1v) is 6.44. The molecular weight excluding hydrogens is 212 g/mol. The molecule has 0 heterocycles. The maximum Gasteiger partial charge on any atom is 0.123 e. The van der Waals surface area contributed by atoms with Gasteiger partial charge in [-0.05, 0) is 25.6 Å². The molecule has 0 aliphatic rings. The summed E-state index contributed by atoms with van der Waals surface area (Å²) in [4.78, 5) is 2.39. The molecule has 1 aromatic rings. The normalized spacial score (nSPS) is 10.8. The summed E-state index contributed by atoms with van der Waals surface area (Å²) in [7, 11) is 0. The van der Waals surface area contributed by atoms with Gasteiger partial charge in [0.25, 0.3) is 0 Å². The highest BCUT2D eigenvalue weighted by Gasteiger charge is 2.03. The van der Waals surface area contributed by atoms with Crippen LogP contribution in [0.3, 0.4) is 0 Å². The third-order valence-electron chi connectivity index (χ3n) is 2.84. The monoisotopic (exact) mass is 236 g/mol. The van der Waals surface area contributed by atoms with Crippen molar-refractivity contribution in [2.24, 2.45) is 5.73 Å². The Kier molecular flexibility index (Phi) is 6.67. The zero-order valence-electron chi connectivity index (χ0n) is 11.0. The fraction of sp³-hybridized carbons (Fsp3) is 0.571. The van der Waals surface area contributed by atoms with E-state index in [4.69, 9.17) is 10.5 Å². The third-order valence-corrected chi connectivity index (χ3v) is 2.84. The lowest BCUT2D eigenvalue weighted by Crippen LogP contribution is -2.29. The molecule has 0 aliphatic heterocycles. The SMILES string of the molecule is CCCN(CC)CCOc1ccccc1CN. The van der Waals surface area contributed by atoms with Crippen molar-refractivity contribution in [3.63, 3.8) is 0 Å². The Labute approximate surface area is 105 Å². The number of hydrogen-bond donors (Lipinski definition) is 1. The number of nitrogens with two attached hydrogens (primary N) is 1. The van der Waals surface area contributed by atoms with E-state index in [-0.39, 0.29) is 0 Å². The number of likely N-dealkylation sites (N-methyl/N-ethyl adjacent to an activating group) is 1. The van der Waals surface area contributed by atoms with Crippen LogP contribution in [0.5, 0.6) is 5.75 Å². The zero-order chi connectivity index (χ0) is 12.5. The van der Waals surface area contributed by atoms with Gasteiger partial charge in [0.1, 0.15) is 12.4 Å². The summed E-state index contributed by atoms with van der Waals surface area (Å²) in [6.07, 6.45) is 1.19. The Morgan fingerprint density at radius 1 is 1.18 bits per heavy atom. The van der Waals surface area contributed by atoms with Crippen molar-refractivity contribution in [3.05, 3.63) is 29.8 Å². The van der Waals surface area contributed by atoms with Gasteiger partial charge in [0.15, 0.2) is 0 Å². The van der Waals surface area contributed by atoms with Crippen LogP contribution >= 0.6 is 0 Å². The molecule has 0 saturated heterocycles. The highest BCUT2D eigenvalue weighted by molar-refractivity contribution is 5.32. The van der Waals surface area contributed by atoms with Gasteiger partial charge < -0.3 is 15.4 Å². The quantitative estimate of drug-likeness (QED) is 0.752. The Balaban J connectivity index is 2.39. The molecule has 0 radical (unpaired) electrons. The van der Waals surface area contributed by atoms with E-state index >= 15 is 0 Å². The molecule has 0 saturated carbocycles. The van der Waals surface area contributed by atoms with Gasteiger partial charge in [-0.1, -0.05) is 32.0 Å². The van der Waals surface area contributed by atoms with E-state index in [0.717, 1.165) is 37.6 Å². The van der Waals surface area contributed by atoms with Crippen LogP contribution in [0.2, 0.25) is 0 Å². The number of hydrogen-bond acceptors (Lipinski definition) is 3. The van der Waals surface area contributed by atoms with Crippen LogP contribution in [0.25, 0.3) is 0 Å². The van der Waals surface area contributed by atoms with E-state index < -0.39 is 0 Å². The van der Waals surface area contributed by atoms with Crippen LogP contribution in [0.15, 0.2) is 24.3 Å². The fourth-order valence-electron chi connectivity index (χ4n) is 1.84. The van der Waals surface area contributed by atoms with E-state index in [1.54, 1.807) is 0 Å². The molecule has 0 spiro atoms. The van der Waals surface area contributed by atoms with Gasteiger partial charge in [0.2, 0.25) is 0 Å². The van der Waals surface area contributed by atoms with Crippen LogP contribution in [0, 0.1) is 0 Å². The molecule has 0 fully saturated rings. The predicted molar refractivity (Wildman–Crippen MR) is 72.2 cm³/mol. The summed E-state index contributed by atoms with van der Waals surface area (Å²) in [6.45, 7) is 8.83. The molecule has 3 nitrogen and oxygen atoms in total. The number of nitrogens with zero attached hydrogens (tertiary/aromatic N) is 1. The summed E-state index contributed by atoms with van der Waals surface area (Å²) in [5, 5.41) is 0. The Morgan fingerprint density at radius 2 is 1.94 bits per heavy atom. The van der Waals surface area contributed by atoms with E-state index in [2.05, 4.69) is 18.7 Å². The summed E-state index contributed by atoms with van der Waals surface area (Å²) in [6, 6.07) is 7.97. The van der Waals surface area contributed by atoms with Gasteiger partial charge in [0, 0.05) is 18.7 Å². The molecular formula is C14H24N2O. The highest BCUT2D eigenvalue weighted by Crippen LogP contribution is 2.16. The summed E-state index contributed by atoms with van der Waals surface area (Å²) in [5.41, 5.74) is 6.74. The van der Waals surface area contributed by atoms with E-state index in [1.807, 2.05) is 24.3 Å². The summed E-state index contributed by atoms with van der Waals surface area (Å²) >= 11 is 0. The molecule has 0 aliphatic carbocycles. The summed E-state index contributed by atoms with van der Waals surface area (Å²) in [5.74, 6) is 0.919. The van der Waals surface area contributed by atoms with Crippen molar-refractivity contribution in [1.82, 2.24) is 4.90 Å². The van der Waals surface area contributed by atoms with Crippen molar-refractivity contribution in [1.29, 1.82) is 0 Å². The van der Waals surface area contributed by atoms with Crippen molar-refractivity contribution < 1.29 is 4.74 Å². The maximum absolute atomic E-state index is 5.79. The minimum Gasteiger partial charge on any atom is -0.492 e. The first-order valence-electron chi connectivity index (χ1n) is 6.44. The van der Waals surface area contributed by atoms with Gasteiger partial charge in [-0.2, -0.15) is 0 Å². The minimum atomic E-state index is 0.530. The fourth-order valence-corrected chi connectivity index (χ4v) is 1.84. The second kappa shape index (κ2) is 8.09. The van der Waals surface area contributed by atoms with Crippen LogP contribution < -0.4 is 10.5 Å². The first kappa shape index (κ1) is 14.0. The zero-order valence-corrected chi connectivity index (χ0v) is 11.0. The second-order valence-corrected chi connectivity index (χ2v) is 4.09. The summed E-state index contributed by atoms with van der Waals surface area (Å²) < 4.78 is 5.79. The Morgan fingerprint density at radius 3 is 2.59 bits per heavy atom.